The number of aryl methyl sites for hydroxylation is 1. The van der Waals surface area contributed by atoms with E-state index in [4.69, 9.17) is 0 Å². The van der Waals surface area contributed by atoms with Crippen molar-refractivity contribution in [3.63, 3.8) is 0 Å². The molecule has 2 aromatic heterocycles. The van der Waals surface area contributed by atoms with Gasteiger partial charge in [0.25, 0.3) is 5.91 Å². The van der Waals surface area contributed by atoms with Gasteiger partial charge in [-0.3, -0.25) is 9.20 Å². The minimum Gasteiger partial charge on any atom is -0.331 e. The first kappa shape index (κ1) is 18.4. The van der Waals surface area contributed by atoms with Crippen molar-refractivity contribution < 1.29 is 13.2 Å². The van der Waals surface area contributed by atoms with E-state index in [-0.39, 0.29) is 18.0 Å². The lowest BCUT2D eigenvalue weighted by Gasteiger charge is -2.38. The zero-order chi connectivity index (χ0) is 20.2. The Bertz CT molecular complexity index is 1170. The van der Waals surface area contributed by atoms with Crippen LogP contribution in [0.1, 0.15) is 41.9 Å². The lowest BCUT2D eigenvalue weighted by molar-refractivity contribution is 0.0590. The van der Waals surface area contributed by atoms with Crippen molar-refractivity contribution in [2.24, 2.45) is 0 Å². The van der Waals surface area contributed by atoms with Crippen LogP contribution in [0, 0.1) is 6.92 Å². The fourth-order valence-electron chi connectivity index (χ4n) is 5.01. The molecule has 2 aliphatic rings. The van der Waals surface area contributed by atoms with Crippen LogP contribution in [0.3, 0.4) is 0 Å². The molecule has 7 heteroatoms. The van der Waals surface area contributed by atoms with Crippen LogP contribution < -0.4 is 0 Å². The molecule has 2 bridgehead atoms. The number of rotatable bonds is 3. The van der Waals surface area contributed by atoms with E-state index in [1.54, 1.807) is 24.3 Å². The highest BCUT2D eigenvalue weighted by Gasteiger charge is 2.48. The van der Waals surface area contributed by atoms with Gasteiger partial charge in [0.15, 0.2) is 9.84 Å². The Kier molecular flexibility index (Phi) is 4.24. The summed E-state index contributed by atoms with van der Waals surface area (Å²) in [5.74, 6) is -0.0377. The molecule has 0 aliphatic carbocycles. The summed E-state index contributed by atoms with van der Waals surface area (Å²) in [5, 5.41) is -0.435. The van der Waals surface area contributed by atoms with Gasteiger partial charge in [-0.05, 0) is 56.9 Å². The number of carbonyl (C=O) groups excluding carboxylic acids is 1. The van der Waals surface area contributed by atoms with Gasteiger partial charge < -0.3 is 4.90 Å². The van der Waals surface area contributed by atoms with E-state index >= 15 is 0 Å². The Balaban J connectivity index is 1.45. The molecular weight excluding hydrogens is 386 g/mol. The van der Waals surface area contributed by atoms with E-state index in [9.17, 15) is 13.2 Å². The molecule has 2 aliphatic heterocycles. The molecule has 2 unspecified atom stereocenters. The second-order valence-electron chi connectivity index (χ2n) is 8.02. The number of imidazole rings is 1. The molecule has 150 valence electrons. The van der Waals surface area contributed by atoms with Crippen LogP contribution in [0.5, 0.6) is 0 Å². The van der Waals surface area contributed by atoms with E-state index in [0.717, 1.165) is 18.5 Å². The zero-order valence-corrected chi connectivity index (χ0v) is 17.0. The van der Waals surface area contributed by atoms with Crippen molar-refractivity contribution in [3.8, 4) is 0 Å². The Labute approximate surface area is 170 Å². The van der Waals surface area contributed by atoms with Crippen molar-refractivity contribution >= 4 is 21.4 Å². The average Bonchev–Trinajstić information content (AvgIpc) is 3.20. The topological polar surface area (TPSA) is 71.8 Å². The van der Waals surface area contributed by atoms with Crippen LogP contribution in [0.25, 0.3) is 5.65 Å². The quantitative estimate of drug-likeness (QED) is 0.666. The number of benzene rings is 1. The van der Waals surface area contributed by atoms with Crippen molar-refractivity contribution in [3.05, 3.63) is 66.1 Å². The minimum absolute atomic E-state index is 0.0377. The van der Waals surface area contributed by atoms with Crippen LogP contribution in [-0.4, -0.2) is 45.9 Å². The van der Waals surface area contributed by atoms with Crippen molar-refractivity contribution in [1.29, 1.82) is 0 Å². The smallest absolute Gasteiger partial charge is 0.273 e. The molecule has 4 heterocycles. The molecule has 6 nitrogen and oxygen atoms in total. The van der Waals surface area contributed by atoms with Gasteiger partial charge in [-0.2, -0.15) is 0 Å². The SMILES string of the molecule is Cc1nc2ccccn2c1C(=O)N1C2CCC1CC(S(=O)(=O)c1ccccc1)C2. The molecule has 2 saturated heterocycles. The molecule has 0 saturated carbocycles. The lowest BCUT2D eigenvalue weighted by atomic mass is 10.0. The molecule has 29 heavy (non-hydrogen) atoms. The highest BCUT2D eigenvalue weighted by Crippen LogP contribution is 2.40. The maximum atomic E-state index is 13.5. The number of piperidine rings is 1. The average molecular weight is 410 g/mol. The van der Waals surface area contributed by atoms with E-state index < -0.39 is 15.1 Å². The monoisotopic (exact) mass is 409 g/mol. The van der Waals surface area contributed by atoms with Gasteiger partial charge in [0.2, 0.25) is 0 Å². The van der Waals surface area contributed by atoms with Crippen LogP contribution in [0.4, 0.5) is 0 Å². The van der Waals surface area contributed by atoms with E-state index in [2.05, 4.69) is 4.98 Å². The summed E-state index contributed by atoms with van der Waals surface area (Å²) in [7, 11) is -3.39. The summed E-state index contributed by atoms with van der Waals surface area (Å²) in [6.45, 7) is 1.86. The summed E-state index contributed by atoms with van der Waals surface area (Å²) < 4.78 is 28.1. The number of aromatic nitrogens is 2. The first-order valence-electron chi connectivity index (χ1n) is 10.0. The summed E-state index contributed by atoms with van der Waals surface area (Å²) in [6.07, 6.45) is 4.56. The Hall–Kier alpha value is -2.67. The summed E-state index contributed by atoms with van der Waals surface area (Å²) in [6, 6.07) is 14.3. The van der Waals surface area contributed by atoms with Crippen molar-refractivity contribution in [2.45, 2.75) is 54.8 Å². The first-order valence-corrected chi connectivity index (χ1v) is 11.6. The molecule has 1 amide bonds. The van der Waals surface area contributed by atoms with Gasteiger partial charge in [-0.15, -0.1) is 0 Å². The molecule has 2 fully saturated rings. The van der Waals surface area contributed by atoms with Gasteiger partial charge >= 0.3 is 0 Å². The maximum Gasteiger partial charge on any atom is 0.273 e. The summed E-state index contributed by atoms with van der Waals surface area (Å²) in [4.78, 5) is 20.3. The van der Waals surface area contributed by atoms with Gasteiger partial charge in [0, 0.05) is 18.3 Å². The number of hydrogen-bond donors (Lipinski definition) is 0. The van der Waals surface area contributed by atoms with Crippen LogP contribution in [0.15, 0.2) is 59.6 Å². The van der Waals surface area contributed by atoms with Crippen LogP contribution >= 0.6 is 0 Å². The predicted octanol–water partition coefficient (Wildman–Crippen LogP) is 3.25. The van der Waals surface area contributed by atoms with Gasteiger partial charge in [0.05, 0.1) is 15.8 Å². The Morgan fingerprint density at radius 3 is 2.34 bits per heavy atom. The van der Waals surface area contributed by atoms with E-state index in [1.165, 1.54) is 0 Å². The number of sulfone groups is 1. The lowest BCUT2D eigenvalue weighted by Crippen LogP contribution is -2.50. The molecule has 3 aromatic rings. The summed E-state index contributed by atoms with van der Waals surface area (Å²) >= 11 is 0. The fraction of sp³-hybridized carbons (Fsp3) is 0.364. The number of pyridine rings is 1. The second kappa shape index (κ2) is 6.69. The minimum atomic E-state index is -3.39. The van der Waals surface area contributed by atoms with Gasteiger partial charge in [-0.25, -0.2) is 13.4 Å². The standard InChI is InChI=1S/C22H23N3O3S/c1-15-21(24-12-6-5-9-20(24)23-15)22(26)25-16-10-11-17(25)14-19(13-16)29(27,28)18-7-3-2-4-8-18/h2-9,12,16-17,19H,10-11,13-14H2,1H3. The van der Waals surface area contributed by atoms with Crippen LogP contribution in [-0.2, 0) is 9.84 Å². The fourth-order valence-corrected chi connectivity index (χ4v) is 6.88. The number of nitrogens with zero attached hydrogens (tertiary/aromatic N) is 3. The second-order valence-corrected chi connectivity index (χ2v) is 10.3. The number of hydrogen-bond acceptors (Lipinski definition) is 4. The number of amides is 1. The molecule has 5 rings (SSSR count). The first-order chi connectivity index (χ1) is 14.0. The van der Waals surface area contributed by atoms with Gasteiger partial charge in [0.1, 0.15) is 11.3 Å². The third-order valence-electron chi connectivity index (χ3n) is 6.34. The Morgan fingerprint density at radius 1 is 1.00 bits per heavy atom. The maximum absolute atomic E-state index is 13.5. The Morgan fingerprint density at radius 2 is 1.66 bits per heavy atom. The molecule has 0 spiro atoms. The molecule has 1 aromatic carbocycles. The molecule has 0 N–H and O–H groups in total. The number of carbonyl (C=O) groups is 1. The zero-order valence-electron chi connectivity index (χ0n) is 16.2. The molecular formula is C22H23N3O3S. The summed E-state index contributed by atoms with van der Waals surface area (Å²) in [5.41, 5.74) is 2.05. The highest BCUT2D eigenvalue weighted by atomic mass is 32.2. The predicted molar refractivity (Wildman–Crippen MR) is 110 cm³/mol. The third-order valence-corrected chi connectivity index (χ3v) is 8.53. The number of fused-ring (bicyclic) bond motifs is 3. The third kappa shape index (κ3) is 2.87. The van der Waals surface area contributed by atoms with E-state index in [1.807, 2.05) is 46.7 Å². The normalized spacial score (nSPS) is 24.2. The van der Waals surface area contributed by atoms with E-state index in [0.29, 0.717) is 29.1 Å². The van der Waals surface area contributed by atoms with Crippen molar-refractivity contribution in [2.75, 3.05) is 0 Å². The molecule has 2 atom stereocenters. The highest BCUT2D eigenvalue weighted by molar-refractivity contribution is 7.92. The largest absolute Gasteiger partial charge is 0.331 e. The van der Waals surface area contributed by atoms with Gasteiger partial charge in [-0.1, -0.05) is 24.3 Å². The van der Waals surface area contributed by atoms with Crippen molar-refractivity contribution in [1.82, 2.24) is 14.3 Å². The molecule has 0 radical (unpaired) electrons. The van der Waals surface area contributed by atoms with Crippen LogP contribution in [0.2, 0.25) is 0 Å².